The molecule has 2 amide bonds. The number of piperidine rings is 1. The molecule has 4 atom stereocenters. The van der Waals surface area contributed by atoms with Crippen molar-refractivity contribution in [1.29, 1.82) is 0 Å². The summed E-state index contributed by atoms with van der Waals surface area (Å²) in [7, 11) is 0. The molecule has 2 heterocycles. The zero-order valence-electron chi connectivity index (χ0n) is 20.5. The van der Waals surface area contributed by atoms with Crippen LogP contribution in [0.2, 0.25) is 0 Å². The van der Waals surface area contributed by atoms with Crippen molar-refractivity contribution in [3.8, 4) is 0 Å². The highest BCUT2D eigenvalue weighted by Gasteiger charge is 2.70. The molecule has 1 aliphatic carbocycles. The molecule has 10 heteroatoms. The molecule has 2 N–H and O–H groups in total. The third kappa shape index (κ3) is 5.31. The molecule has 0 unspecified atom stereocenters. The third-order valence-electron chi connectivity index (χ3n) is 7.47. The van der Waals surface area contributed by atoms with Crippen LogP contribution in [0.1, 0.15) is 24.0 Å². The summed E-state index contributed by atoms with van der Waals surface area (Å²) in [5, 5.41) is 5.75. The van der Waals surface area contributed by atoms with Crippen molar-refractivity contribution in [3.63, 3.8) is 0 Å². The molecule has 200 valence electrons. The highest BCUT2D eigenvalue weighted by molar-refractivity contribution is 6.03. The molecule has 1 saturated carbocycles. The number of para-hydroxylation sites is 1. The number of esters is 1. The molecule has 2 fully saturated rings. The molecule has 0 radical (unpaired) electrons. The second-order valence-corrected chi connectivity index (χ2v) is 9.95. The number of hydrogen-bond donors (Lipinski definition) is 2. The molecule has 2 aromatic rings. The topological polar surface area (TPSA) is 87.7 Å². The zero-order valence-corrected chi connectivity index (χ0v) is 20.5. The number of ether oxygens (including phenoxy) is 1. The molecule has 38 heavy (non-hydrogen) atoms. The van der Waals surface area contributed by atoms with Crippen molar-refractivity contribution >= 4 is 23.5 Å². The van der Waals surface area contributed by atoms with Gasteiger partial charge in [-0.15, -0.1) is 0 Å². The molecule has 2 aromatic carbocycles. The predicted molar refractivity (Wildman–Crippen MR) is 133 cm³/mol. The average molecular weight is 528 g/mol. The van der Waals surface area contributed by atoms with E-state index in [0.717, 1.165) is 23.2 Å². The average Bonchev–Trinajstić information content (AvgIpc) is 3.24. The standard InChI is InChI=1S/C28H28F3N3O4/c29-28(30,31)26(37)38-27-16-20(27)17-32-24(27)25(36)33-21(11-10-18-6-2-1-3-7-18)12-13-23(35)34-15-14-19-8-4-5-9-22(19)34/h1-9,12-13,20-21,24,32H,10-11,14-17H2,(H,33,36)/b13-12+/t20-,21-,24-,27-/m0/s1. The lowest BCUT2D eigenvalue weighted by Crippen LogP contribution is -2.53. The third-order valence-corrected chi connectivity index (χ3v) is 7.47. The minimum atomic E-state index is -5.14. The van der Waals surface area contributed by atoms with E-state index in [9.17, 15) is 27.6 Å². The van der Waals surface area contributed by atoms with Crippen LogP contribution in [0, 0.1) is 5.92 Å². The monoisotopic (exact) mass is 527 g/mol. The van der Waals surface area contributed by atoms with Gasteiger partial charge in [-0.1, -0.05) is 54.6 Å². The van der Waals surface area contributed by atoms with Crippen molar-refractivity contribution in [3.05, 3.63) is 77.9 Å². The number of anilines is 1. The maximum atomic E-state index is 13.2. The van der Waals surface area contributed by atoms with Crippen molar-refractivity contribution in [2.75, 3.05) is 18.0 Å². The van der Waals surface area contributed by atoms with Crippen LogP contribution < -0.4 is 15.5 Å². The lowest BCUT2D eigenvalue weighted by atomic mass is 10.0. The van der Waals surface area contributed by atoms with E-state index in [1.165, 1.54) is 6.08 Å². The first-order valence-electron chi connectivity index (χ1n) is 12.6. The van der Waals surface area contributed by atoms with Crippen LogP contribution in [0.4, 0.5) is 18.9 Å². The van der Waals surface area contributed by atoms with Gasteiger partial charge >= 0.3 is 12.1 Å². The minimum Gasteiger partial charge on any atom is -0.450 e. The van der Waals surface area contributed by atoms with Gasteiger partial charge in [-0.3, -0.25) is 9.59 Å². The predicted octanol–water partition coefficient (Wildman–Crippen LogP) is 3.09. The summed E-state index contributed by atoms with van der Waals surface area (Å²) >= 11 is 0. The first-order chi connectivity index (χ1) is 18.2. The first-order valence-corrected chi connectivity index (χ1v) is 12.6. The van der Waals surface area contributed by atoms with Gasteiger partial charge in [0.25, 0.3) is 5.91 Å². The van der Waals surface area contributed by atoms with Crippen LogP contribution in [0.3, 0.4) is 0 Å². The Bertz CT molecular complexity index is 1250. The number of fused-ring (bicyclic) bond motifs is 2. The Balaban J connectivity index is 1.29. The molecule has 7 nitrogen and oxygen atoms in total. The summed E-state index contributed by atoms with van der Waals surface area (Å²) < 4.78 is 43.4. The van der Waals surface area contributed by atoms with Gasteiger partial charge in [-0.25, -0.2) is 4.79 Å². The molecule has 0 spiro atoms. The Morgan fingerprint density at radius 2 is 1.87 bits per heavy atom. The number of aryl methyl sites for hydroxylation is 1. The number of nitrogens with zero attached hydrogens (tertiary/aromatic N) is 1. The number of hydrogen-bond acceptors (Lipinski definition) is 5. The number of rotatable bonds is 8. The number of amides is 2. The molecule has 5 rings (SSSR count). The Hall–Kier alpha value is -3.66. The van der Waals surface area contributed by atoms with Crippen molar-refractivity contribution in [2.45, 2.75) is 49.5 Å². The number of benzene rings is 2. The molecular weight excluding hydrogens is 499 g/mol. The fraction of sp³-hybridized carbons (Fsp3) is 0.393. The van der Waals surface area contributed by atoms with E-state index in [1.54, 1.807) is 11.0 Å². The van der Waals surface area contributed by atoms with Gasteiger partial charge < -0.3 is 20.3 Å². The summed E-state index contributed by atoms with van der Waals surface area (Å²) in [6, 6.07) is 15.6. The Labute approximate surface area is 218 Å². The van der Waals surface area contributed by atoms with Gasteiger partial charge in [0.2, 0.25) is 5.91 Å². The molecule has 2 aliphatic heterocycles. The van der Waals surface area contributed by atoms with Crippen molar-refractivity contribution in [2.24, 2.45) is 5.92 Å². The number of halogens is 3. The smallest absolute Gasteiger partial charge is 0.450 e. The van der Waals surface area contributed by atoms with E-state index in [-0.39, 0.29) is 24.8 Å². The summed E-state index contributed by atoms with van der Waals surface area (Å²) in [6.45, 7) is 0.838. The van der Waals surface area contributed by atoms with E-state index < -0.39 is 35.7 Å². The van der Waals surface area contributed by atoms with E-state index in [2.05, 4.69) is 10.6 Å². The van der Waals surface area contributed by atoms with Crippen LogP contribution in [0.5, 0.6) is 0 Å². The Morgan fingerprint density at radius 1 is 1.13 bits per heavy atom. The summed E-state index contributed by atoms with van der Waals surface area (Å²) in [5.74, 6) is -3.43. The molecule has 1 saturated heterocycles. The number of carbonyl (C=O) groups excluding carboxylic acids is 3. The van der Waals surface area contributed by atoms with Crippen molar-refractivity contribution < 1.29 is 32.3 Å². The lowest BCUT2D eigenvalue weighted by molar-refractivity contribution is -0.208. The maximum absolute atomic E-state index is 13.2. The summed E-state index contributed by atoms with van der Waals surface area (Å²) in [6.07, 6.45) is -0.0693. The van der Waals surface area contributed by atoms with Crippen LogP contribution in [-0.2, 0) is 32.0 Å². The highest BCUT2D eigenvalue weighted by atomic mass is 19.4. The fourth-order valence-corrected chi connectivity index (χ4v) is 5.39. The van der Waals surface area contributed by atoms with Crippen LogP contribution in [0.25, 0.3) is 0 Å². The fourth-order valence-electron chi connectivity index (χ4n) is 5.39. The normalized spacial score (nSPS) is 24.6. The number of alkyl halides is 3. The maximum Gasteiger partial charge on any atom is 0.490 e. The van der Waals surface area contributed by atoms with Gasteiger partial charge in [0.05, 0.1) is 0 Å². The van der Waals surface area contributed by atoms with Gasteiger partial charge in [-0.2, -0.15) is 13.2 Å². The Kier molecular flexibility index (Phi) is 7.00. The van der Waals surface area contributed by atoms with Gasteiger partial charge in [0, 0.05) is 36.8 Å². The van der Waals surface area contributed by atoms with E-state index in [1.807, 2.05) is 54.6 Å². The molecule has 3 aliphatic rings. The SMILES string of the molecule is O=C(N[C@H](/C=C/C(=O)N1CCc2ccccc21)CCc1ccccc1)[C@@H]1NC[C@@H]2C[C@]21OC(=O)C(F)(F)F. The van der Waals surface area contributed by atoms with Crippen LogP contribution in [-0.4, -0.2) is 54.7 Å². The second-order valence-electron chi connectivity index (χ2n) is 9.95. The molecule has 0 aromatic heterocycles. The summed E-state index contributed by atoms with van der Waals surface area (Å²) in [4.78, 5) is 39.4. The van der Waals surface area contributed by atoms with Gasteiger partial charge in [0.1, 0.15) is 11.6 Å². The number of carbonyl (C=O) groups is 3. The van der Waals surface area contributed by atoms with Crippen molar-refractivity contribution in [1.82, 2.24) is 10.6 Å². The van der Waals surface area contributed by atoms with E-state index in [4.69, 9.17) is 4.74 Å². The quantitative estimate of drug-likeness (QED) is 0.407. The van der Waals surface area contributed by atoms with E-state index >= 15 is 0 Å². The van der Waals surface area contributed by atoms with E-state index in [0.29, 0.717) is 19.4 Å². The second kappa shape index (κ2) is 10.2. The van der Waals surface area contributed by atoms with Crippen LogP contribution in [0.15, 0.2) is 66.7 Å². The minimum absolute atomic E-state index is 0.192. The Morgan fingerprint density at radius 3 is 2.61 bits per heavy atom. The molecule has 0 bridgehead atoms. The first kappa shape index (κ1) is 26.0. The number of nitrogens with one attached hydrogen (secondary N) is 2. The lowest BCUT2D eigenvalue weighted by Gasteiger charge is -2.26. The zero-order chi connectivity index (χ0) is 26.9. The van der Waals surface area contributed by atoms with Gasteiger partial charge in [0.15, 0.2) is 0 Å². The van der Waals surface area contributed by atoms with Crippen LogP contribution >= 0.6 is 0 Å². The summed E-state index contributed by atoms with van der Waals surface area (Å²) in [5.41, 5.74) is 1.49. The largest absolute Gasteiger partial charge is 0.490 e. The highest BCUT2D eigenvalue weighted by Crippen LogP contribution is 2.53. The molecular formula is C28H28F3N3O4. The van der Waals surface area contributed by atoms with Gasteiger partial charge in [-0.05, 0) is 42.9 Å².